The lowest BCUT2D eigenvalue weighted by Gasteiger charge is -2.26. The number of hydrogen-bond donors (Lipinski definition) is 1. The van der Waals surface area contributed by atoms with Gasteiger partial charge in [-0.2, -0.15) is 5.26 Å². The number of rotatable bonds is 5. The van der Waals surface area contributed by atoms with Crippen molar-refractivity contribution < 1.29 is 9.53 Å². The first-order valence-electron chi connectivity index (χ1n) is 5.75. The maximum Gasteiger partial charge on any atom is 0.225 e. The Morgan fingerprint density at radius 1 is 1.69 bits per heavy atom. The number of hydrogen-bond acceptors (Lipinski definition) is 4. The number of nitrogens with one attached hydrogen (secondary N) is 1. The van der Waals surface area contributed by atoms with Crippen LogP contribution in [0.2, 0.25) is 0 Å². The highest BCUT2D eigenvalue weighted by atomic mass is 16.5. The molecule has 0 spiro atoms. The third-order valence-corrected chi connectivity index (χ3v) is 2.63. The molecule has 1 rings (SSSR count). The second kappa shape index (κ2) is 7.20. The number of carbonyl (C=O) groups is 1. The standard InChI is InChI=1S/C11H19N3O2/c1-2-14(6-3-4-12)11(15)8-10-9-13-5-7-16-10/h10,13H,2-3,5-9H2,1H3. The molecule has 0 aromatic heterocycles. The van der Waals surface area contributed by atoms with Crippen molar-refractivity contribution in [2.75, 3.05) is 32.8 Å². The molecular formula is C11H19N3O2. The molecule has 0 aromatic carbocycles. The first-order valence-corrected chi connectivity index (χ1v) is 5.75. The van der Waals surface area contributed by atoms with Gasteiger partial charge in [-0.25, -0.2) is 0 Å². The largest absolute Gasteiger partial charge is 0.375 e. The first-order chi connectivity index (χ1) is 7.77. The lowest BCUT2D eigenvalue weighted by Crippen LogP contribution is -2.42. The summed E-state index contributed by atoms with van der Waals surface area (Å²) in [4.78, 5) is 13.6. The zero-order valence-corrected chi connectivity index (χ0v) is 9.74. The minimum atomic E-state index is -0.0163. The summed E-state index contributed by atoms with van der Waals surface area (Å²) in [6.45, 7) is 5.36. The summed E-state index contributed by atoms with van der Waals surface area (Å²) in [7, 11) is 0. The number of carbonyl (C=O) groups excluding carboxylic acids is 1. The summed E-state index contributed by atoms with van der Waals surface area (Å²) in [5.41, 5.74) is 0. The van der Waals surface area contributed by atoms with Crippen LogP contribution in [0.3, 0.4) is 0 Å². The van der Waals surface area contributed by atoms with Crippen molar-refractivity contribution in [2.45, 2.75) is 25.9 Å². The number of ether oxygens (including phenoxy) is 1. The molecule has 1 amide bonds. The van der Waals surface area contributed by atoms with Gasteiger partial charge in [0.1, 0.15) is 0 Å². The summed E-state index contributed by atoms with van der Waals surface area (Å²) < 4.78 is 5.47. The molecule has 0 radical (unpaired) electrons. The Balaban J connectivity index is 2.33. The quantitative estimate of drug-likeness (QED) is 0.722. The molecule has 0 aromatic rings. The summed E-state index contributed by atoms with van der Waals surface area (Å²) in [6, 6.07) is 2.05. The fraction of sp³-hybridized carbons (Fsp3) is 0.818. The topological polar surface area (TPSA) is 65.4 Å². The van der Waals surface area contributed by atoms with Crippen LogP contribution < -0.4 is 5.32 Å². The Bertz CT molecular complexity index is 256. The molecule has 0 aliphatic carbocycles. The molecule has 0 bridgehead atoms. The minimum Gasteiger partial charge on any atom is -0.375 e. The van der Waals surface area contributed by atoms with Crippen LogP contribution >= 0.6 is 0 Å². The second-order valence-corrected chi connectivity index (χ2v) is 3.78. The van der Waals surface area contributed by atoms with Gasteiger partial charge in [-0.1, -0.05) is 0 Å². The number of nitrogens with zero attached hydrogens (tertiary/aromatic N) is 2. The van der Waals surface area contributed by atoms with Gasteiger partial charge in [-0.3, -0.25) is 4.79 Å². The van der Waals surface area contributed by atoms with Gasteiger partial charge in [0.15, 0.2) is 0 Å². The molecule has 1 unspecified atom stereocenters. The van der Waals surface area contributed by atoms with Crippen LogP contribution in [0.4, 0.5) is 0 Å². The maximum atomic E-state index is 11.9. The highest BCUT2D eigenvalue weighted by Crippen LogP contribution is 2.05. The van der Waals surface area contributed by atoms with Crippen molar-refractivity contribution in [3.63, 3.8) is 0 Å². The van der Waals surface area contributed by atoms with Gasteiger partial charge in [-0.05, 0) is 6.92 Å². The summed E-state index contributed by atoms with van der Waals surface area (Å²) in [5, 5.41) is 11.7. The molecule has 1 saturated heterocycles. The molecule has 1 fully saturated rings. The predicted molar refractivity (Wildman–Crippen MR) is 59.7 cm³/mol. The van der Waals surface area contributed by atoms with Gasteiger partial charge in [-0.15, -0.1) is 0 Å². The van der Waals surface area contributed by atoms with E-state index in [-0.39, 0.29) is 12.0 Å². The molecule has 5 heteroatoms. The fourth-order valence-corrected chi connectivity index (χ4v) is 1.72. The third kappa shape index (κ3) is 4.17. The minimum absolute atomic E-state index is 0.0163. The molecular weight excluding hydrogens is 206 g/mol. The van der Waals surface area contributed by atoms with Crippen molar-refractivity contribution in [2.24, 2.45) is 0 Å². The van der Waals surface area contributed by atoms with E-state index in [1.807, 2.05) is 6.92 Å². The monoisotopic (exact) mass is 225 g/mol. The Morgan fingerprint density at radius 2 is 2.50 bits per heavy atom. The molecule has 1 aliphatic heterocycles. The molecule has 5 nitrogen and oxygen atoms in total. The van der Waals surface area contributed by atoms with E-state index in [0.29, 0.717) is 32.5 Å². The SMILES string of the molecule is CCN(CCC#N)C(=O)CC1CNCCO1. The lowest BCUT2D eigenvalue weighted by atomic mass is 10.2. The van der Waals surface area contributed by atoms with E-state index in [1.54, 1.807) is 4.90 Å². The van der Waals surface area contributed by atoms with Crippen LogP contribution in [0.1, 0.15) is 19.8 Å². The van der Waals surface area contributed by atoms with Crippen LogP contribution in [-0.2, 0) is 9.53 Å². The second-order valence-electron chi connectivity index (χ2n) is 3.78. The summed E-state index contributed by atoms with van der Waals surface area (Å²) in [5.74, 6) is 0.0754. The Kier molecular flexibility index (Phi) is 5.83. The highest BCUT2D eigenvalue weighted by Gasteiger charge is 2.20. The Labute approximate surface area is 96.4 Å². The van der Waals surface area contributed by atoms with Crippen molar-refractivity contribution in [3.05, 3.63) is 0 Å². The Morgan fingerprint density at radius 3 is 3.06 bits per heavy atom. The van der Waals surface area contributed by atoms with Gasteiger partial charge in [0.05, 0.1) is 31.6 Å². The Hall–Kier alpha value is -1.12. The van der Waals surface area contributed by atoms with E-state index in [0.717, 1.165) is 13.1 Å². The zero-order valence-electron chi connectivity index (χ0n) is 9.74. The smallest absolute Gasteiger partial charge is 0.225 e. The molecule has 0 saturated carbocycles. The lowest BCUT2D eigenvalue weighted by molar-refractivity contribution is -0.134. The maximum absolute atomic E-state index is 11.9. The molecule has 1 N–H and O–H groups in total. The van der Waals surface area contributed by atoms with Crippen LogP contribution in [0, 0.1) is 11.3 Å². The van der Waals surface area contributed by atoms with Crippen molar-refractivity contribution in [1.82, 2.24) is 10.2 Å². The first kappa shape index (κ1) is 12.9. The van der Waals surface area contributed by atoms with Crippen molar-refractivity contribution >= 4 is 5.91 Å². The van der Waals surface area contributed by atoms with Gasteiger partial charge >= 0.3 is 0 Å². The molecule has 1 atom stereocenters. The fourth-order valence-electron chi connectivity index (χ4n) is 1.72. The van der Waals surface area contributed by atoms with Gasteiger partial charge < -0.3 is 15.0 Å². The zero-order chi connectivity index (χ0) is 11.8. The van der Waals surface area contributed by atoms with Gasteiger partial charge in [0.2, 0.25) is 5.91 Å². The van der Waals surface area contributed by atoms with Gasteiger partial charge in [0, 0.05) is 26.2 Å². The van der Waals surface area contributed by atoms with E-state index in [4.69, 9.17) is 10.00 Å². The van der Waals surface area contributed by atoms with Crippen LogP contribution in [-0.4, -0.2) is 49.7 Å². The molecule has 1 heterocycles. The molecule has 16 heavy (non-hydrogen) atoms. The number of nitriles is 1. The average Bonchev–Trinajstić information content (AvgIpc) is 2.31. The third-order valence-electron chi connectivity index (χ3n) is 2.63. The van der Waals surface area contributed by atoms with E-state index in [9.17, 15) is 4.79 Å². The molecule has 90 valence electrons. The average molecular weight is 225 g/mol. The normalized spacial score (nSPS) is 20.1. The molecule has 1 aliphatic rings. The predicted octanol–water partition coefficient (Wildman–Crippen LogP) is 0.127. The van der Waals surface area contributed by atoms with E-state index < -0.39 is 0 Å². The summed E-state index contributed by atoms with van der Waals surface area (Å²) in [6.07, 6.45) is 0.785. The van der Waals surface area contributed by atoms with Crippen LogP contribution in [0.5, 0.6) is 0 Å². The van der Waals surface area contributed by atoms with E-state index >= 15 is 0 Å². The van der Waals surface area contributed by atoms with Gasteiger partial charge in [0.25, 0.3) is 0 Å². The van der Waals surface area contributed by atoms with Crippen LogP contribution in [0.15, 0.2) is 0 Å². The van der Waals surface area contributed by atoms with E-state index in [1.165, 1.54) is 0 Å². The van der Waals surface area contributed by atoms with Crippen molar-refractivity contribution in [1.29, 1.82) is 5.26 Å². The number of morpholine rings is 1. The number of amides is 1. The summed E-state index contributed by atoms with van der Waals surface area (Å²) >= 11 is 0. The van der Waals surface area contributed by atoms with E-state index in [2.05, 4.69) is 11.4 Å². The van der Waals surface area contributed by atoms with Crippen LogP contribution in [0.25, 0.3) is 0 Å². The van der Waals surface area contributed by atoms with Crippen molar-refractivity contribution in [3.8, 4) is 6.07 Å². The highest BCUT2D eigenvalue weighted by molar-refractivity contribution is 5.76.